The first-order valence-electron chi connectivity index (χ1n) is 14.1. The van der Waals surface area contributed by atoms with E-state index in [0.29, 0.717) is 47.8 Å². The minimum Gasteiger partial charge on any atom is -0.433 e. The number of aliphatic hydroxyl groups excluding tert-OH is 2. The van der Waals surface area contributed by atoms with Crippen molar-refractivity contribution in [1.29, 1.82) is 0 Å². The van der Waals surface area contributed by atoms with Gasteiger partial charge in [0.1, 0.15) is 5.84 Å². The van der Waals surface area contributed by atoms with E-state index in [-0.39, 0.29) is 35.6 Å². The Morgan fingerprint density at radius 1 is 1.06 bits per heavy atom. The molecule has 4 aliphatic rings. The minimum absolute atomic E-state index is 0.166. The average Bonchev–Trinajstić information content (AvgIpc) is 3.16. The fourth-order valence-corrected chi connectivity index (χ4v) is 9.68. The molecule has 0 aromatic carbocycles. The van der Waals surface area contributed by atoms with Gasteiger partial charge < -0.3 is 20.7 Å². The van der Waals surface area contributed by atoms with Crippen molar-refractivity contribution in [3.63, 3.8) is 0 Å². The van der Waals surface area contributed by atoms with E-state index >= 15 is 0 Å². The average molecular weight is 493 g/mol. The number of fused-ring (bicyclic) bond motifs is 5. The Hall–Kier alpha value is -1.34. The molecule has 4 rings (SSSR count). The van der Waals surface area contributed by atoms with Crippen LogP contribution in [0.2, 0.25) is 0 Å². The summed E-state index contributed by atoms with van der Waals surface area (Å²) in [5.41, 5.74) is 6.51. The summed E-state index contributed by atoms with van der Waals surface area (Å²) >= 11 is 0. The number of carbonyl (C=O) groups is 1. The van der Waals surface area contributed by atoms with Crippen LogP contribution >= 0.6 is 0 Å². The van der Waals surface area contributed by atoms with Gasteiger partial charge in [0.15, 0.2) is 0 Å². The van der Waals surface area contributed by atoms with Crippen LogP contribution < -0.4 is 5.73 Å². The van der Waals surface area contributed by atoms with E-state index in [1.807, 2.05) is 0 Å². The third kappa shape index (κ3) is 4.60. The lowest BCUT2D eigenvalue weighted by molar-refractivity contribution is -0.203. The molecular weight excluding hydrogens is 444 g/mol. The van der Waals surface area contributed by atoms with Crippen LogP contribution in [0.25, 0.3) is 0 Å². The summed E-state index contributed by atoms with van der Waals surface area (Å²) in [4.78, 5) is 16.2. The second kappa shape index (κ2) is 10.2. The fraction of sp³-hybridized carbons (Fsp3) is 0.929. The zero-order valence-electron chi connectivity index (χ0n) is 22.4. The van der Waals surface area contributed by atoms with Crippen molar-refractivity contribution in [3.05, 3.63) is 0 Å². The summed E-state index contributed by atoms with van der Waals surface area (Å²) in [5.74, 6) is 3.21. The molecule has 0 amide bonds. The van der Waals surface area contributed by atoms with Gasteiger partial charge in [-0.25, -0.2) is 4.79 Å². The van der Waals surface area contributed by atoms with Crippen molar-refractivity contribution in [3.8, 4) is 0 Å². The van der Waals surface area contributed by atoms with Gasteiger partial charge in [0.05, 0.1) is 18.8 Å². The SMILES string of the molecule is CCOC(=O)ON=C(N)C[C@@H](C)[C@H]1CCC2C3C(O)[C@H](CC)[C@@H]4C[C@H](O)CC[C@]4(C)C3CC[C@@]21C. The van der Waals surface area contributed by atoms with Crippen molar-refractivity contribution >= 4 is 12.0 Å². The van der Waals surface area contributed by atoms with Gasteiger partial charge in [0.25, 0.3) is 0 Å². The number of aliphatic hydroxyl groups is 2. The van der Waals surface area contributed by atoms with E-state index in [0.717, 1.165) is 44.9 Å². The van der Waals surface area contributed by atoms with Crippen LogP contribution in [0.4, 0.5) is 4.79 Å². The second-order valence-corrected chi connectivity index (χ2v) is 12.7. The molecule has 0 aromatic heterocycles. The molecule has 0 aromatic rings. The van der Waals surface area contributed by atoms with Gasteiger partial charge in [0.2, 0.25) is 0 Å². The smallest absolute Gasteiger partial charge is 0.433 e. The molecule has 0 heterocycles. The van der Waals surface area contributed by atoms with Crippen LogP contribution in [0.15, 0.2) is 5.16 Å². The number of hydrogen-bond donors (Lipinski definition) is 3. The van der Waals surface area contributed by atoms with E-state index in [1.54, 1.807) is 6.92 Å². The highest BCUT2D eigenvalue weighted by molar-refractivity contribution is 5.80. The van der Waals surface area contributed by atoms with Crippen molar-refractivity contribution in [2.75, 3.05) is 6.61 Å². The van der Waals surface area contributed by atoms with Crippen LogP contribution in [-0.2, 0) is 9.57 Å². The van der Waals surface area contributed by atoms with Crippen LogP contribution in [0, 0.1) is 52.3 Å². The molecule has 4 unspecified atom stereocenters. The van der Waals surface area contributed by atoms with Gasteiger partial charge >= 0.3 is 6.16 Å². The number of rotatable bonds is 6. The highest BCUT2D eigenvalue weighted by Gasteiger charge is 2.64. The highest BCUT2D eigenvalue weighted by atomic mass is 16.8. The molecule has 0 bridgehead atoms. The van der Waals surface area contributed by atoms with Gasteiger partial charge in [-0.3, -0.25) is 4.84 Å². The zero-order valence-corrected chi connectivity index (χ0v) is 22.4. The maximum absolute atomic E-state index is 11.8. The summed E-state index contributed by atoms with van der Waals surface area (Å²) < 4.78 is 4.75. The van der Waals surface area contributed by atoms with Crippen LogP contribution in [0.3, 0.4) is 0 Å². The van der Waals surface area contributed by atoms with E-state index in [9.17, 15) is 15.0 Å². The molecule has 11 atom stereocenters. The van der Waals surface area contributed by atoms with Crippen LogP contribution in [0.1, 0.15) is 92.4 Å². The summed E-state index contributed by atoms with van der Waals surface area (Å²) in [5, 5.41) is 26.1. The molecule has 200 valence electrons. The highest BCUT2D eigenvalue weighted by Crippen LogP contribution is 2.69. The molecule has 4 fully saturated rings. The lowest BCUT2D eigenvalue weighted by atomic mass is 9.41. The molecule has 7 nitrogen and oxygen atoms in total. The first-order valence-corrected chi connectivity index (χ1v) is 14.1. The molecule has 0 spiro atoms. The molecule has 4 aliphatic carbocycles. The summed E-state index contributed by atoms with van der Waals surface area (Å²) in [6, 6.07) is 0. The monoisotopic (exact) mass is 492 g/mol. The Balaban J connectivity index is 1.52. The zero-order chi connectivity index (χ0) is 25.5. The number of oxime groups is 1. The predicted molar refractivity (Wildman–Crippen MR) is 135 cm³/mol. The maximum atomic E-state index is 11.8. The number of ether oxygens (including phenoxy) is 1. The van der Waals surface area contributed by atoms with Gasteiger partial charge in [-0.05, 0) is 104 Å². The number of nitrogens with two attached hydrogens (primary N) is 1. The number of hydrogen-bond acceptors (Lipinski definition) is 6. The normalized spacial score (nSPS) is 46.2. The van der Waals surface area contributed by atoms with E-state index in [2.05, 4.69) is 32.9 Å². The van der Waals surface area contributed by atoms with Gasteiger partial charge in [-0.2, -0.15) is 0 Å². The standard InChI is InChI=1S/C28H48N2O5/c1-6-18-22-15-17(31)10-12-28(22,5)21-11-13-27(4)19(8-9-20(27)24(21)25(18)32)16(3)14-23(29)30-35-26(33)34-7-2/h16-22,24-25,31-32H,6-15H2,1-5H3,(H2,29,30)/t16-,17-,18-,19-,20?,21?,22+,24?,25?,27-,28-/m1/s1. The Labute approximate surface area is 211 Å². The van der Waals surface area contributed by atoms with Crippen molar-refractivity contribution in [2.24, 2.45) is 63.1 Å². The quantitative estimate of drug-likeness (QED) is 0.157. The van der Waals surface area contributed by atoms with Crippen molar-refractivity contribution in [1.82, 2.24) is 0 Å². The van der Waals surface area contributed by atoms with E-state index in [4.69, 9.17) is 15.3 Å². The largest absolute Gasteiger partial charge is 0.535 e. The summed E-state index contributed by atoms with van der Waals surface area (Å²) in [7, 11) is 0. The van der Waals surface area contributed by atoms with Crippen molar-refractivity contribution < 1.29 is 24.6 Å². The first kappa shape index (κ1) is 26.7. The Bertz CT molecular complexity index is 804. The minimum atomic E-state index is -0.826. The van der Waals surface area contributed by atoms with Gasteiger partial charge in [-0.15, -0.1) is 0 Å². The Kier molecular flexibility index (Phi) is 7.78. The maximum Gasteiger partial charge on any atom is 0.535 e. The van der Waals surface area contributed by atoms with Crippen LogP contribution in [-0.4, -0.2) is 41.0 Å². The summed E-state index contributed by atoms with van der Waals surface area (Å²) in [6.07, 6.45) is 7.71. The second-order valence-electron chi connectivity index (χ2n) is 12.7. The van der Waals surface area contributed by atoms with Crippen LogP contribution in [0.5, 0.6) is 0 Å². The molecular formula is C28H48N2O5. The Morgan fingerprint density at radius 3 is 2.43 bits per heavy atom. The number of amidine groups is 1. The molecule has 4 N–H and O–H groups in total. The fourth-order valence-electron chi connectivity index (χ4n) is 9.68. The van der Waals surface area contributed by atoms with Gasteiger partial charge in [-0.1, -0.05) is 39.3 Å². The lowest BCUT2D eigenvalue weighted by Crippen LogP contribution is -2.62. The molecule has 0 saturated heterocycles. The molecule has 0 radical (unpaired) electrons. The van der Waals surface area contributed by atoms with E-state index < -0.39 is 6.16 Å². The predicted octanol–water partition coefficient (Wildman–Crippen LogP) is 5.08. The number of nitrogens with zero attached hydrogens (tertiary/aromatic N) is 1. The van der Waals surface area contributed by atoms with E-state index in [1.165, 1.54) is 6.42 Å². The van der Waals surface area contributed by atoms with Crippen molar-refractivity contribution in [2.45, 2.75) is 105 Å². The van der Waals surface area contributed by atoms with Gasteiger partial charge in [0, 0.05) is 6.42 Å². The number of carbonyl (C=O) groups excluding carboxylic acids is 1. The lowest BCUT2D eigenvalue weighted by Gasteiger charge is -2.64. The third-order valence-electron chi connectivity index (χ3n) is 11.2. The molecule has 35 heavy (non-hydrogen) atoms. The molecule has 7 heteroatoms. The Morgan fingerprint density at radius 2 is 1.74 bits per heavy atom. The molecule has 4 saturated carbocycles. The topological polar surface area (TPSA) is 114 Å². The summed E-state index contributed by atoms with van der Waals surface area (Å²) in [6.45, 7) is 11.3. The third-order valence-corrected chi connectivity index (χ3v) is 11.2. The first-order chi connectivity index (χ1) is 16.6. The molecule has 0 aliphatic heterocycles.